The van der Waals surface area contributed by atoms with E-state index < -0.39 is 0 Å². The molecule has 1 N–H and O–H groups in total. The Labute approximate surface area is 129 Å². The first-order chi connectivity index (χ1) is 9.22. The molecule has 1 aromatic rings. The molecular weight excluding hydrogens is 301 g/mol. The number of nitrogens with one attached hydrogen (secondary N) is 1. The lowest BCUT2D eigenvalue weighted by Crippen LogP contribution is -2.31. The van der Waals surface area contributed by atoms with Crippen LogP contribution in [0.15, 0.2) is 18.2 Å². The standard InChI is InChI=1S/C14H19Cl2NOS/c1-2-19-9-13(10-6-7-17-8-10)18-12-5-3-4-11(15)14(12)16/h3-5,10,13,17H,2,6-9H2,1H3/t10?,13-/m0/s1. The fourth-order valence-electron chi connectivity index (χ4n) is 2.23. The molecule has 1 aliphatic heterocycles. The number of thioether (sulfide) groups is 1. The second-order valence-corrected chi connectivity index (χ2v) is 6.72. The summed E-state index contributed by atoms with van der Waals surface area (Å²) in [4.78, 5) is 0. The average molecular weight is 320 g/mol. The summed E-state index contributed by atoms with van der Waals surface area (Å²) in [5.74, 6) is 3.34. The van der Waals surface area contributed by atoms with Crippen LogP contribution in [-0.4, -0.2) is 30.7 Å². The van der Waals surface area contributed by atoms with Gasteiger partial charge in [-0.25, -0.2) is 0 Å². The van der Waals surface area contributed by atoms with Crippen LogP contribution in [0.25, 0.3) is 0 Å². The van der Waals surface area contributed by atoms with Gasteiger partial charge in [0.2, 0.25) is 0 Å². The van der Waals surface area contributed by atoms with Crippen molar-refractivity contribution in [1.29, 1.82) is 0 Å². The van der Waals surface area contributed by atoms with Crippen molar-refractivity contribution in [1.82, 2.24) is 5.32 Å². The van der Waals surface area contributed by atoms with Gasteiger partial charge in [-0.3, -0.25) is 0 Å². The highest BCUT2D eigenvalue weighted by atomic mass is 35.5. The van der Waals surface area contributed by atoms with Crippen molar-refractivity contribution in [2.75, 3.05) is 24.6 Å². The largest absolute Gasteiger partial charge is 0.488 e. The van der Waals surface area contributed by atoms with Crippen LogP contribution in [0.2, 0.25) is 10.0 Å². The number of hydrogen-bond donors (Lipinski definition) is 1. The first-order valence-corrected chi connectivity index (χ1v) is 8.52. The van der Waals surface area contributed by atoms with Gasteiger partial charge in [0.15, 0.2) is 0 Å². The van der Waals surface area contributed by atoms with Crippen molar-refractivity contribution in [3.8, 4) is 5.75 Å². The van der Waals surface area contributed by atoms with E-state index >= 15 is 0 Å². The molecule has 0 saturated carbocycles. The molecule has 1 saturated heterocycles. The third-order valence-corrected chi connectivity index (χ3v) is 5.08. The highest BCUT2D eigenvalue weighted by molar-refractivity contribution is 7.99. The van der Waals surface area contributed by atoms with E-state index in [1.807, 2.05) is 23.9 Å². The molecule has 2 atom stereocenters. The second-order valence-electron chi connectivity index (χ2n) is 4.62. The third kappa shape index (κ3) is 4.19. The summed E-state index contributed by atoms with van der Waals surface area (Å²) < 4.78 is 6.13. The number of benzene rings is 1. The Morgan fingerprint density at radius 3 is 3.00 bits per heavy atom. The summed E-state index contributed by atoms with van der Waals surface area (Å²) in [5, 5.41) is 4.45. The Morgan fingerprint density at radius 1 is 1.47 bits per heavy atom. The zero-order chi connectivity index (χ0) is 13.7. The van der Waals surface area contributed by atoms with Crippen LogP contribution >= 0.6 is 35.0 Å². The summed E-state index contributed by atoms with van der Waals surface area (Å²) in [6.45, 7) is 4.26. The number of rotatable bonds is 6. The Bertz CT molecular complexity index is 410. The highest BCUT2D eigenvalue weighted by Crippen LogP contribution is 2.33. The molecule has 106 valence electrons. The molecule has 1 aromatic carbocycles. The van der Waals surface area contributed by atoms with Crippen LogP contribution in [0.1, 0.15) is 13.3 Å². The lowest BCUT2D eigenvalue weighted by atomic mass is 10.0. The minimum Gasteiger partial charge on any atom is -0.488 e. The summed E-state index contributed by atoms with van der Waals surface area (Å²) >= 11 is 14.1. The van der Waals surface area contributed by atoms with Crippen LogP contribution < -0.4 is 10.1 Å². The van der Waals surface area contributed by atoms with Gasteiger partial charge < -0.3 is 10.1 Å². The van der Waals surface area contributed by atoms with Gasteiger partial charge >= 0.3 is 0 Å². The maximum Gasteiger partial charge on any atom is 0.139 e. The fraction of sp³-hybridized carbons (Fsp3) is 0.571. The van der Waals surface area contributed by atoms with Crippen LogP contribution in [0, 0.1) is 5.92 Å². The highest BCUT2D eigenvalue weighted by Gasteiger charge is 2.27. The van der Waals surface area contributed by atoms with E-state index in [-0.39, 0.29) is 6.10 Å². The lowest BCUT2D eigenvalue weighted by Gasteiger charge is -2.24. The SMILES string of the molecule is CCSC[C@H](Oc1cccc(Cl)c1Cl)C1CCNC1. The van der Waals surface area contributed by atoms with Gasteiger partial charge in [-0.15, -0.1) is 0 Å². The molecule has 0 bridgehead atoms. The average Bonchev–Trinajstić information content (AvgIpc) is 2.93. The van der Waals surface area contributed by atoms with E-state index in [2.05, 4.69) is 12.2 Å². The molecule has 5 heteroatoms. The van der Waals surface area contributed by atoms with Crippen molar-refractivity contribution in [3.63, 3.8) is 0 Å². The predicted molar refractivity (Wildman–Crippen MR) is 84.9 cm³/mol. The Balaban J connectivity index is 2.07. The second kappa shape index (κ2) is 7.63. The fourth-order valence-corrected chi connectivity index (χ4v) is 3.38. The maximum atomic E-state index is 6.20. The first kappa shape index (κ1) is 15.3. The minimum atomic E-state index is 0.191. The van der Waals surface area contributed by atoms with Crippen molar-refractivity contribution in [2.24, 2.45) is 5.92 Å². The molecule has 0 aromatic heterocycles. The molecule has 0 amide bonds. The van der Waals surface area contributed by atoms with E-state index in [1.165, 1.54) is 0 Å². The molecule has 1 aliphatic rings. The molecule has 0 radical (unpaired) electrons. The van der Waals surface area contributed by atoms with E-state index in [9.17, 15) is 0 Å². The molecule has 2 rings (SSSR count). The van der Waals surface area contributed by atoms with Crippen molar-refractivity contribution in [3.05, 3.63) is 28.2 Å². The molecule has 1 unspecified atom stereocenters. The van der Waals surface area contributed by atoms with Crippen molar-refractivity contribution in [2.45, 2.75) is 19.4 Å². The maximum absolute atomic E-state index is 6.20. The van der Waals surface area contributed by atoms with Gasteiger partial charge in [0.05, 0.1) is 5.02 Å². The zero-order valence-corrected chi connectivity index (χ0v) is 13.3. The summed E-state index contributed by atoms with van der Waals surface area (Å²) in [7, 11) is 0. The molecule has 1 fully saturated rings. The summed E-state index contributed by atoms with van der Waals surface area (Å²) in [6, 6.07) is 5.55. The van der Waals surface area contributed by atoms with Gasteiger partial charge in [-0.1, -0.05) is 36.2 Å². The van der Waals surface area contributed by atoms with Crippen molar-refractivity contribution < 1.29 is 4.74 Å². The molecule has 1 heterocycles. The lowest BCUT2D eigenvalue weighted by molar-refractivity contribution is 0.165. The topological polar surface area (TPSA) is 21.3 Å². The van der Waals surface area contributed by atoms with Crippen molar-refractivity contribution >= 4 is 35.0 Å². The predicted octanol–water partition coefficient (Wildman–Crippen LogP) is 4.10. The van der Waals surface area contributed by atoms with Gasteiger partial charge in [0.25, 0.3) is 0 Å². The Kier molecular flexibility index (Phi) is 6.14. The van der Waals surface area contributed by atoms with Crippen LogP contribution in [0.4, 0.5) is 0 Å². The quantitative estimate of drug-likeness (QED) is 0.852. The number of ether oxygens (including phenoxy) is 1. The molecule has 2 nitrogen and oxygen atoms in total. The third-order valence-electron chi connectivity index (χ3n) is 3.30. The molecule has 0 aliphatic carbocycles. The summed E-state index contributed by atoms with van der Waals surface area (Å²) in [6.07, 6.45) is 1.35. The van der Waals surface area contributed by atoms with Gasteiger partial charge in [-0.05, 0) is 30.9 Å². The van der Waals surface area contributed by atoms with Crippen LogP contribution in [0.3, 0.4) is 0 Å². The van der Waals surface area contributed by atoms with Gasteiger partial charge in [0.1, 0.15) is 16.9 Å². The zero-order valence-electron chi connectivity index (χ0n) is 11.0. The summed E-state index contributed by atoms with van der Waals surface area (Å²) in [5.41, 5.74) is 0. The Hall–Kier alpha value is -0.0900. The number of hydrogen-bond acceptors (Lipinski definition) is 3. The van der Waals surface area contributed by atoms with E-state index in [1.54, 1.807) is 6.07 Å². The normalized spacial score (nSPS) is 20.5. The van der Waals surface area contributed by atoms with E-state index in [4.69, 9.17) is 27.9 Å². The molecular formula is C14H19Cl2NOS. The molecule has 19 heavy (non-hydrogen) atoms. The minimum absolute atomic E-state index is 0.191. The van der Waals surface area contributed by atoms with E-state index in [0.717, 1.165) is 31.0 Å². The van der Waals surface area contributed by atoms with Gasteiger partial charge in [-0.2, -0.15) is 11.8 Å². The van der Waals surface area contributed by atoms with E-state index in [0.29, 0.717) is 21.7 Å². The van der Waals surface area contributed by atoms with Crippen LogP contribution in [0.5, 0.6) is 5.75 Å². The molecule has 0 spiro atoms. The Morgan fingerprint density at radius 2 is 2.32 bits per heavy atom. The van der Waals surface area contributed by atoms with Gasteiger partial charge in [0, 0.05) is 18.2 Å². The first-order valence-electron chi connectivity index (χ1n) is 6.61. The number of halogens is 2. The smallest absolute Gasteiger partial charge is 0.139 e. The van der Waals surface area contributed by atoms with Crippen LogP contribution in [-0.2, 0) is 0 Å². The monoisotopic (exact) mass is 319 g/mol.